The van der Waals surface area contributed by atoms with Crippen LogP contribution in [0.1, 0.15) is 18.9 Å². The zero-order valence-corrected chi connectivity index (χ0v) is 20.0. The first-order valence-corrected chi connectivity index (χ1v) is 10.4. The second-order valence-corrected chi connectivity index (χ2v) is 7.38. The minimum Gasteiger partial charge on any atom is -0.382 e. The highest BCUT2D eigenvalue weighted by Crippen LogP contribution is 2.19. The van der Waals surface area contributed by atoms with Gasteiger partial charge in [0.1, 0.15) is 0 Å². The lowest BCUT2D eigenvalue weighted by molar-refractivity contribution is 0.0536. The fraction of sp³-hybridized carbons (Fsp3) is 0.591. The maximum absolute atomic E-state index is 5.71. The number of hydrogen-bond acceptors (Lipinski definition) is 4. The van der Waals surface area contributed by atoms with Crippen molar-refractivity contribution in [2.75, 3.05) is 64.6 Å². The first kappa shape index (κ1) is 24.0. The van der Waals surface area contributed by atoms with Crippen molar-refractivity contribution in [3.8, 4) is 0 Å². The second kappa shape index (κ2) is 13.1. The summed E-state index contributed by atoms with van der Waals surface area (Å²) in [6.45, 7) is 9.88. The predicted octanol–water partition coefficient (Wildman–Crippen LogP) is 3.13. The molecule has 0 radical (unpaired) electrons. The number of anilines is 1. The molecule has 1 aromatic rings. The Hall–Kier alpha value is -1.32. The number of guanidine groups is 1. The number of hydrogen-bond donors (Lipinski definition) is 1. The third kappa shape index (κ3) is 7.46. The van der Waals surface area contributed by atoms with Gasteiger partial charge in [0.05, 0.1) is 26.4 Å². The number of methoxy groups -OCH3 is 1. The van der Waals surface area contributed by atoms with Crippen LogP contribution in [0, 0.1) is 5.92 Å². The van der Waals surface area contributed by atoms with Gasteiger partial charge in [-0.3, -0.25) is 0 Å². The third-order valence-electron chi connectivity index (χ3n) is 5.24. The highest BCUT2D eigenvalue weighted by molar-refractivity contribution is 14.0. The average molecular weight is 514 g/mol. The maximum atomic E-state index is 5.71. The van der Waals surface area contributed by atoms with E-state index in [1.807, 2.05) is 0 Å². The quantitative estimate of drug-likeness (QED) is 0.181. The molecule has 1 fully saturated rings. The van der Waals surface area contributed by atoms with Gasteiger partial charge in [0.25, 0.3) is 0 Å². The van der Waals surface area contributed by atoms with Crippen LogP contribution in [0.5, 0.6) is 0 Å². The molecule has 6 nitrogen and oxygen atoms in total. The van der Waals surface area contributed by atoms with E-state index in [0.717, 1.165) is 51.7 Å². The van der Waals surface area contributed by atoms with Crippen LogP contribution in [0.15, 0.2) is 41.4 Å². The van der Waals surface area contributed by atoms with E-state index in [1.165, 1.54) is 11.3 Å². The Bertz CT molecular complexity index is 643. The summed E-state index contributed by atoms with van der Waals surface area (Å²) in [5.74, 6) is 1.57. The Labute approximate surface area is 192 Å². The van der Waals surface area contributed by atoms with E-state index in [2.05, 4.69) is 58.5 Å². The monoisotopic (exact) mass is 514 g/mol. The van der Waals surface area contributed by atoms with Crippen molar-refractivity contribution in [2.45, 2.75) is 19.9 Å². The van der Waals surface area contributed by atoms with E-state index >= 15 is 0 Å². The van der Waals surface area contributed by atoms with E-state index < -0.39 is 0 Å². The smallest absolute Gasteiger partial charge is 0.194 e. The molecule has 7 heteroatoms. The van der Waals surface area contributed by atoms with Gasteiger partial charge >= 0.3 is 0 Å². The van der Waals surface area contributed by atoms with Crippen molar-refractivity contribution in [1.82, 2.24) is 10.2 Å². The fourth-order valence-corrected chi connectivity index (χ4v) is 3.65. The molecule has 0 aliphatic carbocycles. The first-order valence-electron chi connectivity index (χ1n) is 10.4. The van der Waals surface area contributed by atoms with Crippen molar-refractivity contribution in [2.24, 2.45) is 10.9 Å². The summed E-state index contributed by atoms with van der Waals surface area (Å²) >= 11 is 0. The summed E-state index contributed by atoms with van der Waals surface area (Å²) in [5.41, 5.74) is 2.52. The fourth-order valence-electron chi connectivity index (χ4n) is 3.65. The van der Waals surface area contributed by atoms with Gasteiger partial charge in [-0.1, -0.05) is 24.3 Å². The van der Waals surface area contributed by atoms with Crippen LogP contribution in [0.25, 0.3) is 0 Å². The molecule has 29 heavy (non-hydrogen) atoms. The van der Waals surface area contributed by atoms with Crippen LogP contribution in [-0.2, 0) is 16.0 Å². The molecule has 0 amide bonds. The maximum Gasteiger partial charge on any atom is 0.194 e. The summed E-state index contributed by atoms with van der Waals surface area (Å²) in [6.07, 6.45) is 5.58. The van der Waals surface area contributed by atoms with E-state index in [4.69, 9.17) is 14.5 Å². The number of nitrogens with zero attached hydrogens (tertiary/aromatic N) is 3. The van der Waals surface area contributed by atoms with E-state index in [9.17, 15) is 0 Å². The Morgan fingerprint density at radius 1 is 1.17 bits per heavy atom. The third-order valence-corrected chi connectivity index (χ3v) is 5.24. The molecule has 0 aromatic heterocycles. The van der Waals surface area contributed by atoms with Gasteiger partial charge in [0.2, 0.25) is 0 Å². The molecule has 2 aliphatic heterocycles. The zero-order chi connectivity index (χ0) is 19.6. The van der Waals surface area contributed by atoms with Crippen molar-refractivity contribution in [1.29, 1.82) is 0 Å². The highest BCUT2D eigenvalue weighted by Gasteiger charge is 2.24. The van der Waals surface area contributed by atoms with Crippen LogP contribution < -0.4 is 10.2 Å². The highest BCUT2D eigenvalue weighted by atomic mass is 127. The number of benzene rings is 1. The molecule has 3 rings (SSSR count). The molecule has 0 spiro atoms. The van der Waals surface area contributed by atoms with Crippen LogP contribution in [0.2, 0.25) is 0 Å². The van der Waals surface area contributed by atoms with Crippen LogP contribution in [0.3, 0.4) is 0 Å². The molecule has 1 atom stereocenters. The first-order chi connectivity index (χ1) is 13.8. The topological polar surface area (TPSA) is 49.3 Å². The number of halogens is 1. The lowest BCUT2D eigenvalue weighted by Gasteiger charge is -2.22. The van der Waals surface area contributed by atoms with Gasteiger partial charge in [-0.25, -0.2) is 4.99 Å². The van der Waals surface area contributed by atoms with Crippen molar-refractivity contribution >= 4 is 35.6 Å². The zero-order valence-electron chi connectivity index (χ0n) is 17.7. The molecule has 1 N–H and O–H groups in total. The van der Waals surface area contributed by atoms with Gasteiger partial charge in [0.15, 0.2) is 5.96 Å². The van der Waals surface area contributed by atoms with Crippen molar-refractivity contribution in [3.63, 3.8) is 0 Å². The normalized spacial score (nSPS) is 19.0. The molecule has 0 saturated carbocycles. The minimum atomic E-state index is 0. The summed E-state index contributed by atoms with van der Waals surface area (Å²) in [4.78, 5) is 9.60. The number of nitrogens with one attached hydrogen (secondary N) is 1. The molecule has 2 aliphatic rings. The molecular weight excluding hydrogens is 479 g/mol. The van der Waals surface area contributed by atoms with Gasteiger partial charge in [-0.05, 0) is 31.0 Å². The summed E-state index contributed by atoms with van der Waals surface area (Å²) in [5, 5.41) is 3.45. The Balaban J connectivity index is 0.00000300. The molecular formula is C22H35IN4O2. The van der Waals surface area contributed by atoms with Crippen LogP contribution in [-0.4, -0.2) is 70.5 Å². The van der Waals surface area contributed by atoms with E-state index in [0.29, 0.717) is 25.7 Å². The molecule has 1 aromatic carbocycles. The number of aliphatic imine (C=N–C) groups is 1. The SMILES string of the molecule is CCNC(=NCc1ccc(N2CC=CC2)cc1)N1CCC(COCCOC)C1.I. The Kier molecular flexibility index (Phi) is 10.8. The van der Waals surface area contributed by atoms with E-state index in [-0.39, 0.29) is 24.0 Å². The number of ether oxygens (including phenoxy) is 2. The van der Waals surface area contributed by atoms with E-state index in [1.54, 1.807) is 7.11 Å². The minimum absolute atomic E-state index is 0. The number of likely N-dealkylation sites (tertiary alicyclic amines) is 1. The van der Waals surface area contributed by atoms with Crippen molar-refractivity contribution < 1.29 is 9.47 Å². The largest absolute Gasteiger partial charge is 0.382 e. The standard InChI is InChI=1S/C22H34N4O2.HI/c1-3-23-22(26-13-10-20(17-26)18-28-15-14-27-2)24-16-19-6-8-21(9-7-19)25-11-4-5-12-25;/h4-9,20H,3,10-18H2,1-2H3,(H,23,24);1H. The number of rotatable bonds is 9. The molecule has 162 valence electrons. The molecule has 2 heterocycles. The summed E-state index contributed by atoms with van der Waals surface area (Å²) < 4.78 is 10.7. The lowest BCUT2D eigenvalue weighted by Crippen LogP contribution is -2.40. The predicted molar refractivity (Wildman–Crippen MR) is 130 cm³/mol. The average Bonchev–Trinajstić information content (AvgIpc) is 3.41. The lowest BCUT2D eigenvalue weighted by atomic mass is 10.1. The molecule has 1 unspecified atom stereocenters. The molecule has 1 saturated heterocycles. The Morgan fingerprint density at radius 3 is 2.62 bits per heavy atom. The Morgan fingerprint density at radius 2 is 1.93 bits per heavy atom. The van der Waals surface area contributed by atoms with Gasteiger partial charge in [-0.15, -0.1) is 24.0 Å². The van der Waals surface area contributed by atoms with Crippen molar-refractivity contribution in [3.05, 3.63) is 42.0 Å². The van der Waals surface area contributed by atoms with Gasteiger partial charge in [0, 0.05) is 51.4 Å². The van der Waals surface area contributed by atoms with Crippen LogP contribution >= 0.6 is 24.0 Å². The van der Waals surface area contributed by atoms with Gasteiger partial charge < -0.3 is 24.6 Å². The summed E-state index contributed by atoms with van der Waals surface area (Å²) in [7, 11) is 1.71. The van der Waals surface area contributed by atoms with Crippen LogP contribution in [0.4, 0.5) is 5.69 Å². The second-order valence-electron chi connectivity index (χ2n) is 7.38. The van der Waals surface area contributed by atoms with Gasteiger partial charge in [-0.2, -0.15) is 0 Å². The summed E-state index contributed by atoms with van der Waals surface area (Å²) in [6, 6.07) is 8.79. The molecule has 0 bridgehead atoms.